The highest BCUT2D eigenvalue weighted by Gasteiger charge is 2.00. The molecule has 3 nitrogen and oxygen atoms in total. The lowest BCUT2D eigenvalue weighted by molar-refractivity contribution is 0.732. The van der Waals surface area contributed by atoms with Crippen molar-refractivity contribution in [2.75, 3.05) is 5.73 Å². The highest BCUT2D eigenvalue weighted by molar-refractivity contribution is 5.39. The first-order valence-electron chi connectivity index (χ1n) is 5.14. The summed E-state index contributed by atoms with van der Waals surface area (Å²) in [5, 5.41) is 0. The van der Waals surface area contributed by atoms with E-state index < -0.39 is 0 Å². The fraction of sp³-hybridized carbons (Fsp3) is 0.250. The molecule has 0 spiro atoms. The molecule has 0 aliphatic rings. The number of nitrogens with zero attached hydrogens (tertiary/aromatic N) is 2. The molecule has 1 aromatic heterocycles. The largest absolute Gasteiger partial charge is 0.399 e. The summed E-state index contributed by atoms with van der Waals surface area (Å²) in [6, 6.07) is 7.96. The number of aryl methyl sites for hydroxylation is 1. The maximum absolute atomic E-state index is 5.64. The van der Waals surface area contributed by atoms with Crippen LogP contribution in [-0.2, 0) is 13.0 Å². The smallest absolute Gasteiger partial charge is 0.108 e. The summed E-state index contributed by atoms with van der Waals surface area (Å²) in [5.74, 6) is 1.12. The van der Waals surface area contributed by atoms with Gasteiger partial charge in [-0.15, -0.1) is 0 Å². The molecular weight excluding hydrogens is 186 g/mol. The number of rotatable bonds is 3. The Morgan fingerprint density at radius 2 is 2.00 bits per heavy atom. The van der Waals surface area contributed by atoms with Gasteiger partial charge in [-0.05, 0) is 17.7 Å². The van der Waals surface area contributed by atoms with Crippen molar-refractivity contribution in [2.24, 2.45) is 0 Å². The topological polar surface area (TPSA) is 43.8 Å². The van der Waals surface area contributed by atoms with Crippen molar-refractivity contribution in [3.8, 4) is 0 Å². The summed E-state index contributed by atoms with van der Waals surface area (Å²) in [5.41, 5.74) is 7.69. The zero-order chi connectivity index (χ0) is 10.7. The van der Waals surface area contributed by atoms with E-state index in [9.17, 15) is 0 Å². The third kappa shape index (κ3) is 2.18. The Kier molecular flexibility index (Phi) is 2.72. The molecule has 0 radical (unpaired) electrons. The number of benzene rings is 1. The van der Waals surface area contributed by atoms with Crippen molar-refractivity contribution >= 4 is 5.69 Å². The second-order valence-corrected chi connectivity index (χ2v) is 3.57. The minimum Gasteiger partial charge on any atom is -0.399 e. The molecule has 0 unspecified atom stereocenters. The van der Waals surface area contributed by atoms with Gasteiger partial charge in [0.1, 0.15) is 5.82 Å². The summed E-state index contributed by atoms with van der Waals surface area (Å²) in [6.07, 6.45) is 4.81. The Morgan fingerprint density at radius 1 is 1.27 bits per heavy atom. The third-order valence-electron chi connectivity index (χ3n) is 2.45. The second kappa shape index (κ2) is 4.17. The molecule has 2 aromatic rings. The van der Waals surface area contributed by atoms with Crippen LogP contribution in [-0.4, -0.2) is 9.55 Å². The van der Waals surface area contributed by atoms with Gasteiger partial charge in [0.05, 0.1) is 0 Å². The Bertz CT molecular complexity index is 428. The number of nitrogen functional groups attached to an aromatic ring is 1. The highest BCUT2D eigenvalue weighted by Crippen LogP contribution is 2.09. The summed E-state index contributed by atoms with van der Waals surface area (Å²) in [7, 11) is 0. The van der Waals surface area contributed by atoms with Crippen LogP contribution >= 0.6 is 0 Å². The maximum Gasteiger partial charge on any atom is 0.108 e. The lowest BCUT2D eigenvalue weighted by Gasteiger charge is -2.06. The molecule has 0 bridgehead atoms. The van der Waals surface area contributed by atoms with Gasteiger partial charge < -0.3 is 10.3 Å². The van der Waals surface area contributed by atoms with Gasteiger partial charge in [0.25, 0.3) is 0 Å². The Hall–Kier alpha value is -1.77. The molecule has 0 aliphatic heterocycles. The van der Waals surface area contributed by atoms with Crippen molar-refractivity contribution in [2.45, 2.75) is 19.9 Å². The molecule has 0 aliphatic carbocycles. The van der Waals surface area contributed by atoms with Crippen LogP contribution < -0.4 is 5.73 Å². The van der Waals surface area contributed by atoms with Gasteiger partial charge >= 0.3 is 0 Å². The van der Waals surface area contributed by atoms with Crippen molar-refractivity contribution < 1.29 is 0 Å². The second-order valence-electron chi connectivity index (χ2n) is 3.57. The standard InChI is InChI=1S/C12H15N3/c1-2-12-14-7-8-15(12)9-10-3-5-11(13)6-4-10/h3-8H,2,9,13H2,1H3. The van der Waals surface area contributed by atoms with Crippen molar-refractivity contribution in [1.29, 1.82) is 0 Å². The summed E-state index contributed by atoms with van der Waals surface area (Å²) in [4.78, 5) is 4.29. The van der Waals surface area contributed by atoms with Crippen molar-refractivity contribution in [3.05, 3.63) is 48.0 Å². The normalized spacial score (nSPS) is 10.5. The van der Waals surface area contributed by atoms with Crippen LogP contribution in [0.25, 0.3) is 0 Å². The van der Waals surface area contributed by atoms with Crippen LogP contribution in [0.5, 0.6) is 0 Å². The first-order chi connectivity index (χ1) is 7.29. The van der Waals surface area contributed by atoms with Crippen LogP contribution in [0.4, 0.5) is 5.69 Å². The Labute approximate surface area is 89.6 Å². The minimum atomic E-state index is 0.806. The average molecular weight is 201 g/mol. The number of aromatic nitrogens is 2. The lowest BCUT2D eigenvalue weighted by Crippen LogP contribution is -2.03. The summed E-state index contributed by atoms with van der Waals surface area (Å²) >= 11 is 0. The molecule has 2 rings (SSSR count). The predicted octanol–water partition coefficient (Wildman–Crippen LogP) is 2.08. The van der Waals surface area contributed by atoms with E-state index in [4.69, 9.17) is 5.73 Å². The van der Waals surface area contributed by atoms with E-state index in [1.165, 1.54) is 5.56 Å². The van der Waals surface area contributed by atoms with Crippen LogP contribution in [0.3, 0.4) is 0 Å². The molecule has 0 amide bonds. The van der Waals surface area contributed by atoms with Crippen molar-refractivity contribution in [3.63, 3.8) is 0 Å². The van der Waals surface area contributed by atoms with Crippen LogP contribution in [0.15, 0.2) is 36.7 Å². The van der Waals surface area contributed by atoms with Gasteiger partial charge in [0.2, 0.25) is 0 Å². The number of anilines is 1. The molecule has 0 atom stereocenters. The molecule has 0 fully saturated rings. The SMILES string of the molecule is CCc1nccn1Cc1ccc(N)cc1. The minimum absolute atomic E-state index is 0.806. The molecule has 3 heteroatoms. The molecule has 0 saturated heterocycles. The highest BCUT2D eigenvalue weighted by atomic mass is 15.1. The van der Waals surface area contributed by atoms with Gasteiger partial charge in [0, 0.05) is 31.0 Å². The zero-order valence-electron chi connectivity index (χ0n) is 8.85. The van der Waals surface area contributed by atoms with Crippen LogP contribution in [0.2, 0.25) is 0 Å². The van der Waals surface area contributed by atoms with E-state index in [0.29, 0.717) is 0 Å². The maximum atomic E-state index is 5.64. The first kappa shape index (κ1) is 9.77. The predicted molar refractivity (Wildman–Crippen MR) is 61.6 cm³/mol. The monoisotopic (exact) mass is 201 g/mol. The van der Waals surface area contributed by atoms with Crippen LogP contribution in [0.1, 0.15) is 18.3 Å². The van der Waals surface area contributed by atoms with Gasteiger partial charge in [0.15, 0.2) is 0 Å². The summed E-state index contributed by atoms with van der Waals surface area (Å²) in [6.45, 7) is 2.98. The Balaban J connectivity index is 2.18. The zero-order valence-corrected chi connectivity index (χ0v) is 8.85. The number of nitrogens with two attached hydrogens (primary N) is 1. The van der Waals surface area contributed by atoms with Crippen molar-refractivity contribution in [1.82, 2.24) is 9.55 Å². The van der Waals surface area contributed by atoms with Gasteiger partial charge in [-0.2, -0.15) is 0 Å². The summed E-state index contributed by atoms with van der Waals surface area (Å²) < 4.78 is 2.16. The van der Waals surface area contributed by atoms with Gasteiger partial charge in [-0.3, -0.25) is 0 Å². The van der Waals surface area contributed by atoms with E-state index >= 15 is 0 Å². The van der Waals surface area contributed by atoms with Gasteiger partial charge in [-0.25, -0.2) is 4.98 Å². The quantitative estimate of drug-likeness (QED) is 0.773. The molecule has 1 aromatic carbocycles. The molecular formula is C12H15N3. The molecule has 78 valence electrons. The van der Waals surface area contributed by atoms with Gasteiger partial charge in [-0.1, -0.05) is 19.1 Å². The molecule has 1 heterocycles. The number of imidazole rings is 1. The lowest BCUT2D eigenvalue weighted by atomic mass is 10.2. The fourth-order valence-corrected chi connectivity index (χ4v) is 1.62. The Morgan fingerprint density at radius 3 is 2.67 bits per heavy atom. The van der Waals surface area contributed by atoms with Crippen LogP contribution in [0, 0.1) is 0 Å². The molecule has 15 heavy (non-hydrogen) atoms. The average Bonchev–Trinajstić information content (AvgIpc) is 2.69. The molecule has 0 saturated carbocycles. The van der Waals surface area contributed by atoms with E-state index in [1.807, 2.05) is 24.5 Å². The van der Waals surface area contributed by atoms with E-state index in [2.05, 4.69) is 28.6 Å². The number of hydrogen-bond donors (Lipinski definition) is 1. The fourth-order valence-electron chi connectivity index (χ4n) is 1.62. The van der Waals surface area contributed by atoms with E-state index in [1.54, 1.807) is 0 Å². The van der Waals surface area contributed by atoms with E-state index in [0.717, 1.165) is 24.5 Å². The molecule has 2 N–H and O–H groups in total. The number of hydrogen-bond acceptors (Lipinski definition) is 2. The van der Waals surface area contributed by atoms with E-state index in [-0.39, 0.29) is 0 Å². The first-order valence-corrected chi connectivity index (χ1v) is 5.14. The third-order valence-corrected chi connectivity index (χ3v) is 2.45.